The number of ether oxygens (including phenoxy) is 1. The van der Waals surface area contributed by atoms with E-state index in [2.05, 4.69) is 35.9 Å². The summed E-state index contributed by atoms with van der Waals surface area (Å²) >= 11 is 0. The van der Waals surface area contributed by atoms with Crippen LogP contribution in [-0.4, -0.2) is 73.9 Å². The standard InChI is InChI=1S/C16H33N3O/c1-5-8-17-14(6-7-16(2,3)20-4)15-13-18-9-11-19(15)12-10-18/h14-15,17H,5-13H2,1-4H3. The van der Waals surface area contributed by atoms with E-state index in [1.54, 1.807) is 0 Å². The van der Waals surface area contributed by atoms with Crippen molar-refractivity contribution in [1.82, 2.24) is 15.1 Å². The molecule has 4 nitrogen and oxygen atoms in total. The second kappa shape index (κ2) is 7.21. The normalized spacial score (nSPS) is 31.5. The summed E-state index contributed by atoms with van der Waals surface area (Å²) in [5.41, 5.74) is -0.00452. The van der Waals surface area contributed by atoms with Crippen LogP contribution in [0.3, 0.4) is 0 Å². The predicted molar refractivity (Wildman–Crippen MR) is 84.2 cm³/mol. The smallest absolute Gasteiger partial charge is 0.0623 e. The van der Waals surface area contributed by atoms with E-state index in [1.165, 1.54) is 45.6 Å². The van der Waals surface area contributed by atoms with Gasteiger partial charge in [-0.2, -0.15) is 0 Å². The van der Waals surface area contributed by atoms with Gasteiger partial charge in [0.25, 0.3) is 0 Å². The monoisotopic (exact) mass is 283 g/mol. The summed E-state index contributed by atoms with van der Waals surface area (Å²) in [7, 11) is 1.83. The first-order valence-corrected chi connectivity index (χ1v) is 8.30. The Labute approximate surface area is 124 Å². The minimum Gasteiger partial charge on any atom is -0.379 e. The van der Waals surface area contributed by atoms with E-state index < -0.39 is 0 Å². The van der Waals surface area contributed by atoms with Crippen LogP contribution in [0.5, 0.6) is 0 Å². The topological polar surface area (TPSA) is 27.7 Å². The Balaban J connectivity index is 1.92. The van der Waals surface area contributed by atoms with Crippen LogP contribution in [0.1, 0.15) is 40.0 Å². The molecule has 118 valence electrons. The molecule has 1 N–H and O–H groups in total. The Morgan fingerprint density at radius 2 is 1.95 bits per heavy atom. The summed E-state index contributed by atoms with van der Waals surface area (Å²) in [5.74, 6) is 0. The number of nitrogens with zero attached hydrogens (tertiary/aromatic N) is 2. The van der Waals surface area contributed by atoms with Crippen LogP contribution in [-0.2, 0) is 4.74 Å². The lowest BCUT2D eigenvalue weighted by atomic mass is 9.91. The largest absolute Gasteiger partial charge is 0.379 e. The fourth-order valence-electron chi connectivity index (χ4n) is 3.40. The van der Waals surface area contributed by atoms with Crippen LogP contribution in [0, 0.1) is 0 Å². The van der Waals surface area contributed by atoms with E-state index in [1.807, 2.05) is 7.11 Å². The minimum absolute atomic E-state index is 0.00452. The molecule has 3 aliphatic heterocycles. The average molecular weight is 283 g/mol. The van der Waals surface area contributed by atoms with E-state index in [0.717, 1.165) is 13.0 Å². The summed E-state index contributed by atoms with van der Waals surface area (Å²) in [5, 5.41) is 3.80. The van der Waals surface area contributed by atoms with Gasteiger partial charge in [0.1, 0.15) is 0 Å². The number of methoxy groups -OCH3 is 1. The molecule has 3 rings (SSSR count). The average Bonchev–Trinajstić information content (AvgIpc) is 2.48. The zero-order valence-electron chi connectivity index (χ0n) is 13.8. The van der Waals surface area contributed by atoms with E-state index >= 15 is 0 Å². The number of hydrogen-bond donors (Lipinski definition) is 1. The zero-order valence-corrected chi connectivity index (χ0v) is 13.8. The first kappa shape index (κ1) is 16.2. The Morgan fingerprint density at radius 3 is 2.45 bits per heavy atom. The molecule has 3 aliphatic rings. The first-order valence-electron chi connectivity index (χ1n) is 8.30. The summed E-state index contributed by atoms with van der Waals surface area (Å²) in [4.78, 5) is 5.33. The van der Waals surface area contributed by atoms with Crippen molar-refractivity contribution in [1.29, 1.82) is 0 Å². The predicted octanol–water partition coefficient (Wildman–Crippen LogP) is 1.56. The summed E-state index contributed by atoms with van der Waals surface area (Å²) < 4.78 is 5.59. The molecule has 0 aliphatic carbocycles. The van der Waals surface area contributed by atoms with Gasteiger partial charge >= 0.3 is 0 Å². The molecule has 0 aromatic heterocycles. The summed E-state index contributed by atoms with van der Waals surface area (Å²) in [6.45, 7) is 14.0. The van der Waals surface area contributed by atoms with Gasteiger partial charge < -0.3 is 10.1 Å². The number of nitrogens with one attached hydrogen (secondary N) is 1. The lowest BCUT2D eigenvalue weighted by Gasteiger charge is -2.50. The third-order valence-electron chi connectivity index (χ3n) is 5.05. The Bertz CT molecular complexity index is 287. The van der Waals surface area contributed by atoms with E-state index in [9.17, 15) is 0 Å². The van der Waals surface area contributed by atoms with Gasteiger partial charge in [-0.05, 0) is 39.7 Å². The summed E-state index contributed by atoms with van der Waals surface area (Å²) in [6.07, 6.45) is 3.53. The minimum atomic E-state index is -0.00452. The third-order valence-corrected chi connectivity index (χ3v) is 5.05. The summed E-state index contributed by atoms with van der Waals surface area (Å²) in [6, 6.07) is 1.30. The molecule has 20 heavy (non-hydrogen) atoms. The van der Waals surface area contributed by atoms with Crippen LogP contribution < -0.4 is 5.32 Å². The maximum atomic E-state index is 5.59. The van der Waals surface area contributed by atoms with Crippen LogP contribution >= 0.6 is 0 Å². The highest BCUT2D eigenvalue weighted by Gasteiger charge is 2.36. The molecule has 0 radical (unpaired) electrons. The SMILES string of the molecule is CCCNC(CCC(C)(C)OC)C1CN2CCN1CC2. The fraction of sp³-hybridized carbons (Fsp3) is 1.00. The van der Waals surface area contributed by atoms with Crippen molar-refractivity contribution in [3.63, 3.8) is 0 Å². The lowest BCUT2D eigenvalue weighted by Crippen LogP contribution is -2.66. The Hall–Kier alpha value is -0.160. The molecule has 2 atom stereocenters. The molecule has 3 saturated heterocycles. The molecule has 0 spiro atoms. The van der Waals surface area contributed by atoms with Crippen molar-refractivity contribution in [2.75, 3.05) is 46.4 Å². The zero-order chi connectivity index (χ0) is 14.6. The van der Waals surface area contributed by atoms with Crippen molar-refractivity contribution >= 4 is 0 Å². The quantitative estimate of drug-likeness (QED) is 0.732. The van der Waals surface area contributed by atoms with E-state index in [4.69, 9.17) is 4.74 Å². The van der Waals surface area contributed by atoms with Crippen molar-refractivity contribution in [2.45, 2.75) is 57.7 Å². The highest BCUT2D eigenvalue weighted by molar-refractivity contribution is 4.95. The lowest BCUT2D eigenvalue weighted by molar-refractivity contribution is -0.0174. The molecular weight excluding hydrogens is 250 g/mol. The number of piperazine rings is 3. The van der Waals surface area contributed by atoms with Gasteiger partial charge in [-0.15, -0.1) is 0 Å². The van der Waals surface area contributed by atoms with Gasteiger partial charge in [0.2, 0.25) is 0 Å². The Kier molecular flexibility index (Phi) is 5.84. The first-order chi connectivity index (χ1) is 9.55. The molecule has 0 aromatic carbocycles. The van der Waals surface area contributed by atoms with Crippen molar-refractivity contribution < 1.29 is 4.74 Å². The maximum absolute atomic E-state index is 5.59. The number of rotatable bonds is 8. The van der Waals surface area contributed by atoms with E-state index in [-0.39, 0.29) is 5.60 Å². The highest BCUT2D eigenvalue weighted by Crippen LogP contribution is 2.24. The second-order valence-electron chi connectivity index (χ2n) is 6.97. The van der Waals surface area contributed by atoms with Gasteiger partial charge in [-0.3, -0.25) is 9.80 Å². The molecule has 4 heteroatoms. The van der Waals surface area contributed by atoms with Crippen LogP contribution in [0.2, 0.25) is 0 Å². The van der Waals surface area contributed by atoms with Crippen LogP contribution in [0.4, 0.5) is 0 Å². The van der Waals surface area contributed by atoms with Crippen molar-refractivity contribution in [3.05, 3.63) is 0 Å². The van der Waals surface area contributed by atoms with Crippen molar-refractivity contribution in [3.8, 4) is 0 Å². The van der Waals surface area contributed by atoms with Gasteiger partial charge in [-0.1, -0.05) is 6.92 Å². The molecule has 0 aromatic rings. The Morgan fingerprint density at radius 1 is 1.25 bits per heavy atom. The van der Waals surface area contributed by atoms with Gasteiger partial charge in [0.15, 0.2) is 0 Å². The molecular formula is C16H33N3O. The molecule has 3 heterocycles. The third kappa shape index (κ3) is 4.17. The molecule has 0 saturated carbocycles. The van der Waals surface area contributed by atoms with Gasteiger partial charge in [-0.25, -0.2) is 0 Å². The van der Waals surface area contributed by atoms with E-state index in [0.29, 0.717) is 12.1 Å². The molecule has 2 bridgehead atoms. The van der Waals surface area contributed by atoms with Crippen LogP contribution in [0.15, 0.2) is 0 Å². The maximum Gasteiger partial charge on any atom is 0.0623 e. The molecule has 2 unspecified atom stereocenters. The number of hydrogen-bond acceptors (Lipinski definition) is 4. The fourth-order valence-corrected chi connectivity index (χ4v) is 3.40. The molecule has 3 fully saturated rings. The van der Waals surface area contributed by atoms with Gasteiger partial charge in [0.05, 0.1) is 5.60 Å². The molecule has 0 amide bonds. The van der Waals surface area contributed by atoms with Crippen LogP contribution in [0.25, 0.3) is 0 Å². The van der Waals surface area contributed by atoms with Crippen molar-refractivity contribution in [2.24, 2.45) is 0 Å². The van der Waals surface area contributed by atoms with Gasteiger partial charge in [0, 0.05) is 51.9 Å². The number of fused-ring (bicyclic) bond motifs is 3. The second-order valence-corrected chi connectivity index (χ2v) is 6.97. The highest BCUT2D eigenvalue weighted by atomic mass is 16.5.